The van der Waals surface area contributed by atoms with Crippen molar-refractivity contribution >= 4 is 33.1 Å². The van der Waals surface area contributed by atoms with Gasteiger partial charge >= 0.3 is 0 Å². The quantitative estimate of drug-likeness (QED) is 0.437. The molecular weight excluding hydrogens is 528 g/mol. The average Bonchev–Trinajstić information content (AvgIpc) is 3.53. The molecule has 2 heterocycles. The first-order valence-corrected chi connectivity index (χ1v) is 15.1. The van der Waals surface area contributed by atoms with Crippen LogP contribution in [0.2, 0.25) is 0 Å². The zero-order valence-corrected chi connectivity index (χ0v) is 23.0. The summed E-state index contributed by atoms with van der Waals surface area (Å²) in [6.07, 6.45) is 2.28. The van der Waals surface area contributed by atoms with Gasteiger partial charge in [-0.2, -0.15) is 0 Å². The Labute approximate surface area is 227 Å². The molecule has 2 aliphatic carbocycles. The molecular formula is C27H35F2N5O4S. The Morgan fingerprint density at radius 3 is 2.62 bits per heavy atom. The van der Waals surface area contributed by atoms with Gasteiger partial charge in [-0.05, 0) is 62.1 Å². The van der Waals surface area contributed by atoms with Crippen molar-refractivity contribution in [2.24, 2.45) is 11.3 Å². The molecule has 1 aromatic carbocycles. The Bertz CT molecular complexity index is 1360. The zero-order chi connectivity index (χ0) is 28.0. The van der Waals surface area contributed by atoms with Crippen LogP contribution in [-0.4, -0.2) is 60.8 Å². The molecule has 3 aliphatic rings. The monoisotopic (exact) mass is 563 g/mol. The number of carbonyl (C=O) groups excluding carboxylic acids is 1. The van der Waals surface area contributed by atoms with Gasteiger partial charge in [0.1, 0.15) is 11.6 Å². The van der Waals surface area contributed by atoms with Crippen molar-refractivity contribution in [3.8, 4) is 0 Å². The maximum Gasteiger partial charge on any atom is 0.258 e. The number of carbonyl (C=O) groups is 1. The van der Waals surface area contributed by atoms with E-state index in [9.17, 15) is 22.0 Å². The van der Waals surface area contributed by atoms with E-state index < -0.39 is 34.2 Å². The number of fused-ring (bicyclic) bond motifs is 1. The predicted octanol–water partition coefficient (Wildman–Crippen LogP) is 4.30. The SMILES string of the molecule is Cc1cc(NC(=O)c2ccc(NS(=O)(=O)CCO)cc2N2CC[C@]3(C)C[C@@H]3C2)nc(C2CCC(F)(F)CC2)n1. The van der Waals surface area contributed by atoms with E-state index in [2.05, 4.69) is 31.8 Å². The van der Waals surface area contributed by atoms with Gasteiger partial charge in [-0.1, -0.05) is 6.92 Å². The molecule has 5 rings (SSSR count). The first-order valence-electron chi connectivity index (χ1n) is 13.4. The van der Waals surface area contributed by atoms with Gasteiger partial charge in [0, 0.05) is 43.6 Å². The van der Waals surface area contributed by atoms with Crippen molar-refractivity contribution in [3.63, 3.8) is 0 Å². The summed E-state index contributed by atoms with van der Waals surface area (Å²) in [4.78, 5) is 24.6. The lowest BCUT2D eigenvalue weighted by molar-refractivity contribution is -0.0387. The fourth-order valence-corrected chi connectivity index (χ4v) is 6.61. The third-order valence-corrected chi connectivity index (χ3v) is 9.61. The number of hydrogen-bond donors (Lipinski definition) is 3. The second kappa shape index (κ2) is 10.3. The Balaban J connectivity index is 1.40. The highest BCUT2D eigenvalue weighted by Gasteiger charge is 2.52. The van der Waals surface area contributed by atoms with Crippen molar-refractivity contribution < 1.29 is 27.1 Å². The summed E-state index contributed by atoms with van der Waals surface area (Å²) in [5.74, 6) is -2.40. The molecule has 1 saturated heterocycles. The minimum Gasteiger partial charge on any atom is -0.395 e. The predicted molar refractivity (Wildman–Crippen MR) is 145 cm³/mol. The molecule has 3 fully saturated rings. The lowest BCUT2D eigenvalue weighted by atomic mass is 9.86. The van der Waals surface area contributed by atoms with Gasteiger partial charge in [0.05, 0.1) is 29.3 Å². The summed E-state index contributed by atoms with van der Waals surface area (Å²) in [6, 6.07) is 6.41. The standard InChI is InChI=1S/C27H35F2N5O4S/c1-17-13-23(31-24(30-17)18-5-7-27(28,29)8-6-18)32-25(36)21-4-3-20(33-39(37,38)12-11-35)14-22(21)34-10-9-26(2)15-19(26)16-34/h3-4,13-14,18-19,33,35H,5-12,15-16H2,1-2H3,(H,30,31,32,36)/t19-,26-/m1/s1. The maximum absolute atomic E-state index is 13.7. The van der Waals surface area contributed by atoms with Crippen LogP contribution in [-0.2, 0) is 10.0 Å². The number of anilines is 3. The number of amides is 1. The lowest BCUT2D eigenvalue weighted by Crippen LogP contribution is -2.35. The molecule has 2 saturated carbocycles. The number of aryl methyl sites for hydroxylation is 1. The van der Waals surface area contributed by atoms with Crippen LogP contribution in [0, 0.1) is 18.3 Å². The van der Waals surface area contributed by atoms with Crippen LogP contribution in [0.25, 0.3) is 0 Å². The molecule has 9 nitrogen and oxygen atoms in total. The first kappa shape index (κ1) is 27.7. The highest BCUT2D eigenvalue weighted by molar-refractivity contribution is 7.92. The number of nitrogens with one attached hydrogen (secondary N) is 2. The molecule has 0 bridgehead atoms. The van der Waals surface area contributed by atoms with Crippen molar-refractivity contribution in [1.29, 1.82) is 0 Å². The van der Waals surface area contributed by atoms with Crippen molar-refractivity contribution in [1.82, 2.24) is 9.97 Å². The maximum atomic E-state index is 13.7. The number of rotatable bonds is 8. The van der Waals surface area contributed by atoms with Gasteiger partial charge < -0.3 is 15.3 Å². The molecule has 0 spiro atoms. The van der Waals surface area contributed by atoms with E-state index in [1.54, 1.807) is 25.1 Å². The fraction of sp³-hybridized carbons (Fsp3) is 0.593. The number of hydrogen-bond acceptors (Lipinski definition) is 7. The van der Waals surface area contributed by atoms with E-state index >= 15 is 0 Å². The number of aromatic nitrogens is 2. The number of alkyl halides is 2. The second-order valence-electron chi connectivity index (χ2n) is 11.5. The Kier molecular flexibility index (Phi) is 7.30. The third-order valence-electron chi connectivity index (χ3n) is 8.34. The molecule has 1 aliphatic heterocycles. The summed E-state index contributed by atoms with van der Waals surface area (Å²) in [5.41, 5.74) is 2.27. The highest BCUT2D eigenvalue weighted by Crippen LogP contribution is 2.58. The number of aliphatic hydroxyl groups is 1. The molecule has 2 atom stereocenters. The summed E-state index contributed by atoms with van der Waals surface area (Å²) in [7, 11) is -3.74. The molecule has 0 unspecified atom stereocenters. The minimum absolute atomic E-state index is 0.192. The highest BCUT2D eigenvalue weighted by atomic mass is 32.2. The molecule has 12 heteroatoms. The number of benzene rings is 1. The summed E-state index contributed by atoms with van der Waals surface area (Å²) >= 11 is 0. The Morgan fingerprint density at radius 1 is 1.18 bits per heavy atom. The number of nitrogens with zero attached hydrogens (tertiary/aromatic N) is 3. The van der Waals surface area contributed by atoms with Gasteiger partial charge in [0.2, 0.25) is 15.9 Å². The molecule has 2 aromatic rings. The van der Waals surface area contributed by atoms with Crippen LogP contribution in [0.4, 0.5) is 26.0 Å². The minimum atomic E-state index is -3.74. The van der Waals surface area contributed by atoms with Crippen molar-refractivity contribution in [2.75, 3.05) is 40.4 Å². The topological polar surface area (TPSA) is 125 Å². The smallest absolute Gasteiger partial charge is 0.258 e. The van der Waals surface area contributed by atoms with Gasteiger partial charge in [-0.15, -0.1) is 0 Å². The summed E-state index contributed by atoms with van der Waals surface area (Å²) < 4.78 is 54.3. The van der Waals surface area contributed by atoms with E-state index in [4.69, 9.17) is 5.11 Å². The van der Waals surface area contributed by atoms with Crippen molar-refractivity contribution in [3.05, 3.63) is 41.3 Å². The number of aliphatic hydroxyl groups excluding tert-OH is 1. The van der Waals surface area contributed by atoms with Crippen LogP contribution in [0.3, 0.4) is 0 Å². The van der Waals surface area contributed by atoms with E-state index in [0.29, 0.717) is 45.6 Å². The molecule has 3 N–H and O–H groups in total. The molecule has 0 radical (unpaired) electrons. The van der Waals surface area contributed by atoms with Gasteiger partial charge in [0.25, 0.3) is 5.91 Å². The fourth-order valence-electron chi connectivity index (χ4n) is 5.78. The van der Waals surface area contributed by atoms with E-state index in [-0.39, 0.29) is 31.6 Å². The lowest BCUT2D eigenvalue weighted by Gasteiger charge is -2.33. The molecule has 1 aromatic heterocycles. The van der Waals surface area contributed by atoms with Crippen LogP contribution < -0.4 is 14.9 Å². The normalized spacial score (nSPS) is 24.6. The van der Waals surface area contributed by atoms with Crippen LogP contribution >= 0.6 is 0 Å². The van der Waals surface area contributed by atoms with Crippen LogP contribution in [0.5, 0.6) is 0 Å². The third kappa shape index (κ3) is 6.32. The number of piperidine rings is 1. The first-order chi connectivity index (χ1) is 18.4. The molecule has 212 valence electrons. The van der Waals surface area contributed by atoms with E-state index in [0.717, 1.165) is 25.9 Å². The van der Waals surface area contributed by atoms with Crippen LogP contribution in [0.1, 0.15) is 73.2 Å². The van der Waals surface area contributed by atoms with Crippen LogP contribution in [0.15, 0.2) is 24.3 Å². The van der Waals surface area contributed by atoms with Crippen molar-refractivity contribution in [2.45, 2.75) is 64.2 Å². The van der Waals surface area contributed by atoms with Gasteiger partial charge in [-0.3, -0.25) is 9.52 Å². The molecule has 1 amide bonds. The average molecular weight is 564 g/mol. The van der Waals surface area contributed by atoms with Gasteiger partial charge in [0.15, 0.2) is 0 Å². The Hall–Kier alpha value is -2.86. The summed E-state index contributed by atoms with van der Waals surface area (Å²) in [5, 5.41) is 11.9. The number of sulfonamides is 1. The number of halogens is 2. The van der Waals surface area contributed by atoms with Gasteiger partial charge in [-0.25, -0.2) is 27.2 Å². The summed E-state index contributed by atoms with van der Waals surface area (Å²) in [6.45, 7) is 5.05. The second-order valence-corrected chi connectivity index (χ2v) is 13.3. The van der Waals surface area contributed by atoms with E-state index in [1.165, 1.54) is 6.07 Å². The Morgan fingerprint density at radius 2 is 1.92 bits per heavy atom. The van der Waals surface area contributed by atoms with E-state index in [1.807, 2.05) is 0 Å². The zero-order valence-electron chi connectivity index (χ0n) is 22.2. The molecule has 39 heavy (non-hydrogen) atoms. The largest absolute Gasteiger partial charge is 0.395 e.